The Morgan fingerprint density at radius 3 is 2.36 bits per heavy atom. The average Bonchev–Trinajstić information content (AvgIpc) is 2.63. The van der Waals surface area contributed by atoms with E-state index < -0.39 is 11.8 Å². The lowest BCUT2D eigenvalue weighted by atomic mass is 9.97. The van der Waals surface area contributed by atoms with Crippen molar-refractivity contribution in [3.8, 4) is 0 Å². The molecular formula is C21H33FN2O4. The fourth-order valence-electron chi connectivity index (χ4n) is 2.57. The number of carbonyl (C=O) groups excluding carboxylic acids is 2. The lowest BCUT2D eigenvalue weighted by Gasteiger charge is -2.11. The maximum atomic E-state index is 13.4. The van der Waals surface area contributed by atoms with Crippen LogP contribution in [-0.4, -0.2) is 29.9 Å². The minimum absolute atomic E-state index is 0.0557. The number of carboxylic acids is 1. The highest BCUT2D eigenvalue weighted by atomic mass is 19.1. The van der Waals surface area contributed by atoms with Crippen molar-refractivity contribution < 1.29 is 23.9 Å². The third-order valence-corrected chi connectivity index (χ3v) is 4.64. The van der Waals surface area contributed by atoms with Gasteiger partial charge in [-0.3, -0.25) is 14.4 Å². The number of rotatable bonds is 12. The fraction of sp³-hybridized carbons (Fsp3) is 0.571. The van der Waals surface area contributed by atoms with E-state index in [1.54, 1.807) is 13.0 Å². The number of hydrogen-bond donors (Lipinski definition) is 3. The van der Waals surface area contributed by atoms with Gasteiger partial charge in [-0.25, -0.2) is 4.39 Å². The Hall–Kier alpha value is -2.44. The largest absolute Gasteiger partial charge is 0.481 e. The first-order valence-corrected chi connectivity index (χ1v) is 9.66. The maximum Gasteiger partial charge on any atom is 0.303 e. The molecule has 158 valence electrons. The molecule has 3 atom stereocenters. The first-order chi connectivity index (χ1) is 13.2. The third-order valence-electron chi connectivity index (χ3n) is 4.64. The molecule has 0 aliphatic heterocycles. The summed E-state index contributed by atoms with van der Waals surface area (Å²) in [5.41, 5.74) is 0.678. The van der Waals surface area contributed by atoms with Crippen molar-refractivity contribution in [3.63, 3.8) is 0 Å². The number of carboxylic acid groups (broad SMARTS) is 1. The zero-order valence-electron chi connectivity index (χ0n) is 17.2. The zero-order chi connectivity index (χ0) is 21.5. The number of nitrogens with one attached hydrogen (secondary N) is 2. The maximum absolute atomic E-state index is 13.4. The first-order valence-electron chi connectivity index (χ1n) is 9.66. The van der Waals surface area contributed by atoms with E-state index in [9.17, 15) is 18.8 Å². The molecule has 3 N–H and O–H groups in total. The highest BCUT2D eigenvalue weighted by molar-refractivity contribution is 5.72. The molecule has 0 heterocycles. The molecule has 28 heavy (non-hydrogen) atoms. The molecule has 0 fully saturated rings. The molecule has 3 unspecified atom stereocenters. The predicted molar refractivity (Wildman–Crippen MR) is 109 cm³/mol. The number of anilines is 1. The van der Waals surface area contributed by atoms with Gasteiger partial charge in [0.1, 0.15) is 5.82 Å². The van der Waals surface area contributed by atoms with Crippen LogP contribution in [-0.2, 0) is 14.4 Å². The van der Waals surface area contributed by atoms with Gasteiger partial charge in [0.25, 0.3) is 0 Å². The smallest absolute Gasteiger partial charge is 0.303 e. The summed E-state index contributed by atoms with van der Waals surface area (Å²) in [5, 5.41) is 13.6. The van der Waals surface area contributed by atoms with Crippen molar-refractivity contribution in [2.75, 3.05) is 5.32 Å². The van der Waals surface area contributed by atoms with Crippen LogP contribution < -0.4 is 10.6 Å². The molecule has 0 aliphatic rings. The van der Waals surface area contributed by atoms with Gasteiger partial charge in [-0.2, -0.15) is 0 Å². The van der Waals surface area contributed by atoms with E-state index in [1.165, 1.54) is 31.4 Å². The van der Waals surface area contributed by atoms with E-state index >= 15 is 0 Å². The van der Waals surface area contributed by atoms with Crippen LogP contribution in [0.15, 0.2) is 18.2 Å². The van der Waals surface area contributed by atoms with E-state index in [0.29, 0.717) is 18.0 Å². The van der Waals surface area contributed by atoms with Gasteiger partial charge < -0.3 is 15.7 Å². The lowest BCUT2D eigenvalue weighted by Crippen LogP contribution is -2.24. The molecule has 7 heteroatoms. The molecular weight excluding hydrogens is 363 g/mol. The number of hydrogen-bond acceptors (Lipinski definition) is 3. The second-order valence-corrected chi connectivity index (χ2v) is 7.13. The Morgan fingerprint density at radius 2 is 1.86 bits per heavy atom. The van der Waals surface area contributed by atoms with Crippen molar-refractivity contribution in [2.24, 2.45) is 5.92 Å². The Balaban J connectivity index is 0.000000546. The van der Waals surface area contributed by atoms with Crippen LogP contribution in [0.25, 0.3) is 0 Å². The number of aliphatic carboxylic acids is 1. The molecule has 0 saturated carbocycles. The molecule has 2 amide bonds. The number of halogens is 1. The summed E-state index contributed by atoms with van der Waals surface area (Å²) >= 11 is 0. The zero-order valence-corrected chi connectivity index (χ0v) is 17.2. The lowest BCUT2D eigenvalue weighted by molar-refractivity contribution is -0.137. The normalized spacial score (nSPS) is 13.3. The summed E-state index contributed by atoms with van der Waals surface area (Å²) in [6, 6.07) is 4.59. The minimum Gasteiger partial charge on any atom is -0.481 e. The van der Waals surface area contributed by atoms with Gasteiger partial charge >= 0.3 is 5.97 Å². The number of amides is 2. The molecule has 0 aromatic heterocycles. The molecule has 0 radical (unpaired) electrons. The van der Waals surface area contributed by atoms with E-state index in [1.807, 2.05) is 6.92 Å². The predicted octanol–water partition coefficient (Wildman–Crippen LogP) is 4.31. The third kappa shape index (κ3) is 11.3. The van der Waals surface area contributed by atoms with Gasteiger partial charge in [0.2, 0.25) is 12.8 Å². The molecule has 6 nitrogen and oxygen atoms in total. The van der Waals surface area contributed by atoms with Gasteiger partial charge in [-0.05, 0) is 42.9 Å². The van der Waals surface area contributed by atoms with Gasteiger partial charge in [-0.15, -0.1) is 0 Å². The monoisotopic (exact) mass is 396 g/mol. The second-order valence-electron chi connectivity index (χ2n) is 7.13. The van der Waals surface area contributed by atoms with Gasteiger partial charge in [-0.1, -0.05) is 46.1 Å². The van der Waals surface area contributed by atoms with E-state index in [-0.39, 0.29) is 18.0 Å². The molecule has 1 aromatic carbocycles. The van der Waals surface area contributed by atoms with Crippen LogP contribution in [0.3, 0.4) is 0 Å². The summed E-state index contributed by atoms with van der Waals surface area (Å²) < 4.78 is 13.4. The summed E-state index contributed by atoms with van der Waals surface area (Å²) in [6.45, 7) is 8.25. The Bertz CT molecular complexity index is 610. The van der Waals surface area contributed by atoms with Crippen molar-refractivity contribution in [2.45, 2.75) is 71.8 Å². The van der Waals surface area contributed by atoms with Gasteiger partial charge in [0, 0.05) is 6.04 Å². The van der Waals surface area contributed by atoms with Gasteiger partial charge in [0.15, 0.2) is 0 Å². The minimum atomic E-state index is -0.928. The van der Waals surface area contributed by atoms with Crippen LogP contribution in [0, 0.1) is 11.7 Å². The highest BCUT2D eigenvalue weighted by Gasteiger charge is 2.12. The summed E-state index contributed by atoms with van der Waals surface area (Å²) in [4.78, 5) is 30.7. The second kappa shape index (κ2) is 14.6. The topological polar surface area (TPSA) is 95.5 Å². The Morgan fingerprint density at radius 1 is 1.18 bits per heavy atom. The Kier molecular flexibility index (Phi) is 13.3. The first kappa shape index (κ1) is 25.6. The number of benzene rings is 1. The van der Waals surface area contributed by atoms with Gasteiger partial charge in [0.05, 0.1) is 12.1 Å². The van der Waals surface area contributed by atoms with Crippen molar-refractivity contribution in [1.82, 2.24) is 5.32 Å². The number of carbonyl (C=O) groups is 3. The van der Waals surface area contributed by atoms with Crippen LogP contribution in [0.4, 0.5) is 10.1 Å². The van der Waals surface area contributed by atoms with E-state index in [2.05, 4.69) is 24.5 Å². The quantitative estimate of drug-likeness (QED) is 0.459. The summed E-state index contributed by atoms with van der Waals surface area (Å²) in [5.74, 6) is -0.935. The molecule has 1 rings (SSSR count). The van der Waals surface area contributed by atoms with Crippen LogP contribution >= 0.6 is 0 Å². The molecule has 0 spiro atoms. The molecule has 0 saturated heterocycles. The van der Waals surface area contributed by atoms with Crippen molar-refractivity contribution >= 4 is 24.5 Å². The summed E-state index contributed by atoms with van der Waals surface area (Å²) in [7, 11) is 0. The van der Waals surface area contributed by atoms with Crippen LogP contribution in [0.5, 0.6) is 0 Å². The highest BCUT2D eigenvalue weighted by Crippen LogP contribution is 2.23. The SMILES string of the molecule is CC(CC(=O)O)c1ccc(NC=O)c(F)c1.CCC(C)CCCC(C)NC=O. The Labute approximate surface area is 166 Å². The van der Waals surface area contributed by atoms with E-state index in [4.69, 9.17) is 5.11 Å². The fourth-order valence-corrected chi connectivity index (χ4v) is 2.57. The molecule has 0 bridgehead atoms. The van der Waals surface area contributed by atoms with Crippen molar-refractivity contribution in [1.29, 1.82) is 0 Å². The van der Waals surface area contributed by atoms with Crippen LogP contribution in [0.2, 0.25) is 0 Å². The molecule has 0 aliphatic carbocycles. The average molecular weight is 397 g/mol. The molecule has 1 aromatic rings. The van der Waals surface area contributed by atoms with Crippen molar-refractivity contribution in [3.05, 3.63) is 29.6 Å². The van der Waals surface area contributed by atoms with Crippen LogP contribution in [0.1, 0.15) is 71.3 Å². The van der Waals surface area contributed by atoms with E-state index in [0.717, 1.165) is 18.7 Å². The summed E-state index contributed by atoms with van der Waals surface area (Å²) in [6.07, 6.45) is 5.98. The standard InChI is InChI=1S/C11H12FNO3.C10H21NO/c1-7(4-11(15)16)8-2-3-10(13-6-14)9(12)5-8;1-4-9(2)6-5-7-10(3)11-8-12/h2-3,5-7H,4H2,1H3,(H,13,14)(H,15,16);8-10H,4-7H2,1-3H3,(H,11,12).